The van der Waals surface area contributed by atoms with Crippen LogP contribution in [0, 0.1) is 0 Å². The van der Waals surface area contributed by atoms with Crippen molar-refractivity contribution in [3.63, 3.8) is 0 Å². The minimum atomic E-state index is -0.451. The molecule has 0 spiro atoms. The van der Waals surface area contributed by atoms with Gasteiger partial charge in [-0.2, -0.15) is 5.10 Å². The van der Waals surface area contributed by atoms with E-state index in [-0.39, 0.29) is 6.10 Å². The van der Waals surface area contributed by atoms with Crippen molar-refractivity contribution in [3.8, 4) is 0 Å². The third-order valence-corrected chi connectivity index (χ3v) is 3.25. The molecular formula is C12H16N4O2. The second-order valence-corrected chi connectivity index (χ2v) is 4.96. The van der Waals surface area contributed by atoms with Gasteiger partial charge in [-0.05, 0) is 32.8 Å². The average Bonchev–Trinajstić information content (AvgIpc) is 3.12. The molecule has 1 aliphatic heterocycles. The van der Waals surface area contributed by atoms with Gasteiger partial charge in [0, 0.05) is 19.0 Å². The zero-order valence-corrected chi connectivity index (χ0v) is 10.5. The van der Waals surface area contributed by atoms with Crippen molar-refractivity contribution in [1.29, 1.82) is 0 Å². The molecule has 1 saturated heterocycles. The van der Waals surface area contributed by atoms with Gasteiger partial charge in [-0.25, -0.2) is 0 Å². The Morgan fingerprint density at radius 2 is 2.28 bits per heavy atom. The minimum Gasteiger partial charge on any atom is -0.420 e. The molecule has 2 aromatic rings. The largest absolute Gasteiger partial charge is 0.420 e. The van der Waals surface area contributed by atoms with Gasteiger partial charge in [0.1, 0.15) is 11.6 Å². The highest BCUT2D eigenvalue weighted by Crippen LogP contribution is 2.30. The molecule has 1 atom stereocenters. The smallest absolute Gasteiger partial charge is 0.245 e. The molecule has 18 heavy (non-hydrogen) atoms. The molecule has 1 unspecified atom stereocenters. The second kappa shape index (κ2) is 4.20. The molecule has 3 heterocycles. The van der Waals surface area contributed by atoms with E-state index in [1.807, 2.05) is 26.1 Å². The molecule has 0 bridgehead atoms. The van der Waals surface area contributed by atoms with Crippen molar-refractivity contribution in [2.24, 2.45) is 0 Å². The van der Waals surface area contributed by atoms with E-state index >= 15 is 0 Å². The quantitative estimate of drug-likeness (QED) is 0.830. The van der Waals surface area contributed by atoms with Crippen LogP contribution in [0.2, 0.25) is 0 Å². The maximum atomic E-state index is 5.75. The summed E-state index contributed by atoms with van der Waals surface area (Å²) in [6, 6.07) is 1.87. The van der Waals surface area contributed by atoms with Crippen LogP contribution in [-0.4, -0.2) is 26.6 Å². The van der Waals surface area contributed by atoms with Gasteiger partial charge in [0.05, 0.1) is 0 Å². The monoisotopic (exact) mass is 248 g/mol. The fourth-order valence-corrected chi connectivity index (χ4v) is 2.08. The molecule has 0 aromatic carbocycles. The number of hydrogen-bond donors (Lipinski definition) is 0. The fraction of sp³-hybridized carbons (Fsp3) is 0.583. The summed E-state index contributed by atoms with van der Waals surface area (Å²) in [5.41, 5.74) is -0.451. The van der Waals surface area contributed by atoms with Crippen LogP contribution in [0.25, 0.3) is 0 Å². The molecule has 0 aliphatic carbocycles. The van der Waals surface area contributed by atoms with Crippen molar-refractivity contribution in [2.75, 3.05) is 6.61 Å². The Kier molecular flexibility index (Phi) is 2.66. The first-order chi connectivity index (χ1) is 8.68. The molecule has 96 valence electrons. The van der Waals surface area contributed by atoms with Crippen LogP contribution in [0.3, 0.4) is 0 Å². The van der Waals surface area contributed by atoms with Crippen molar-refractivity contribution in [2.45, 2.75) is 38.3 Å². The van der Waals surface area contributed by atoms with Crippen molar-refractivity contribution in [1.82, 2.24) is 20.0 Å². The van der Waals surface area contributed by atoms with Crippen LogP contribution in [0.5, 0.6) is 0 Å². The molecule has 1 fully saturated rings. The van der Waals surface area contributed by atoms with E-state index in [9.17, 15) is 0 Å². The Labute approximate surface area is 105 Å². The van der Waals surface area contributed by atoms with E-state index in [0.29, 0.717) is 11.8 Å². The molecule has 1 aliphatic rings. The lowest BCUT2D eigenvalue weighted by Gasteiger charge is -2.20. The van der Waals surface area contributed by atoms with Gasteiger partial charge in [0.25, 0.3) is 0 Å². The topological polar surface area (TPSA) is 66.0 Å². The van der Waals surface area contributed by atoms with Gasteiger partial charge in [-0.1, -0.05) is 0 Å². The zero-order chi connectivity index (χ0) is 12.6. The van der Waals surface area contributed by atoms with Crippen LogP contribution in [0.1, 0.15) is 44.6 Å². The Balaban J connectivity index is 1.88. The number of hydrogen-bond acceptors (Lipinski definition) is 5. The van der Waals surface area contributed by atoms with Crippen LogP contribution >= 0.6 is 0 Å². The molecule has 6 nitrogen and oxygen atoms in total. The van der Waals surface area contributed by atoms with Gasteiger partial charge in [0.15, 0.2) is 0 Å². The van der Waals surface area contributed by atoms with Crippen molar-refractivity contribution >= 4 is 0 Å². The molecule has 0 saturated carbocycles. The van der Waals surface area contributed by atoms with Gasteiger partial charge >= 0.3 is 0 Å². The zero-order valence-electron chi connectivity index (χ0n) is 10.5. The maximum absolute atomic E-state index is 5.75. The lowest BCUT2D eigenvalue weighted by Crippen LogP contribution is -2.28. The fourth-order valence-electron chi connectivity index (χ4n) is 2.08. The highest BCUT2D eigenvalue weighted by molar-refractivity contribution is 5.02. The third kappa shape index (κ3) is 1.82. The maximum Gasteiger partial charge on any atom is 0.245 e. The van der Waals surface area contributed by atoms with Crippen LogP contribution in [-0.2, 0) is 10.3 Å². The molecule has 0 N–H and O–H groups in total. The predicted octanol–water partition coefficient (Wildman–Crippen LogP) is 1.90. The van der Waals surface area contributed by atoms with E-state index in [2.05, 4.69) is 15.3 Å². The summed E-state index contributed by atoms with van der Waals surface area (Å²) in [4.78, 5) is 0. The van der Waals surface area contributed by atoms with E-state index in [0.717, 1.165) is 19.4 Å². The lowest BCUT2D eigenvalue weighted by atomic mass is 10.1. The summed E-state index contributed by atoms with van der Waals surface area (Å²) < 4.78 is 13.1. The molecule has 2 aromatic heterocycles. The van der Waals surface area contributed by atoms with E-state index in [1.165, 1.54) is 0 Å². The van der Waals surface area contributed by atoms with Crippen molar-refractivity contribution in [3.05, 3.63) is 30.2 Å². The second-order valence-electron chi connectivity index (χ2n) is 4.96. The van der Waals surface area contributed by atoms with Crippen LogP contribution < -0.4 is 0 Å². The Hall–Kier alpha value is -1.69. The summed E-state index contributed by atoms with van der Waals surface area (Å²) in [5, 5.41) is 12.5. The number of ether oxygens (including phenoxy) is 1. The average molecular weight is 248 g/mol. The van der Waals surface area contributed by atoms with E-state index < -0.39 is 5.54 Å². The van der Waals surface area contributed by atoms with Gasteiger partial charge in [-0.15, -0.1) is 10.2 Å². The van der Waals surface area contributed by atoms with Gasteiger partial charge in [0.2, 0.25) is 11.8 Å². The Morgan fingerprint density at radius 1 is 1.39 bits per heavy atom. The number of nitrogens with zero attached hydrogens (tertiary/aromatic N) is 4. The highest BCUT2D eigenvalue weighted by Gasteiger charge is 2.32. The molecular weight excluding hydrogens is 232 g/mol. The SMILES string of the molecule is CC(C)(c1nnc(C2CCCO2)o1)n1cccn1. The third-order valence-electron chi connectivity index (χ3n) is 3.25. The molecule has 0 radical (unpaired) electrons. The van der Waals surface area contributed by atoms with Crippen molar-refractivity contribution < 1.29 is 9.15 Å². The Morgan fingerprint density at radius 3 is 2.94 bits per heavy atom. The first-order valence-electron chi connectivity index (χ1n) is 6.13. The predicted molar refractivity (Wildman–Crippen MR) is 62.9 cm³/mol. The molecule has 0 amide bonds. The number of rotatable bonds is 3. The van der Waals surface area contributed by atoms with E-state index in [4.69, 9.17) is 9.15 Å². The molecule has 3 rings (SSSR count). The van der Waals surface area contributed by atoms with Gasteiger partial charge in [-0.3, -0.25) is 4.68 Å². The lowest BCUT2D eigenvalue weighted by molar-refractivity contribution is 0.0861. The summed E-state index contributed by atoms with van der Waals surface area (Å²) in [7, 11) is 0. The standard InChI is InChI=1S/C12H16N4O2/c1-12(2,16-7-4-6-13-16)11-15-14-10(18-11)9-5-3-8-17-9/h4,6-7,9H,3,5,8H2,1-2H3. The Bertz CT molecular complexity index is 512. The summed E-state index contributed by atoms with van der Waals surface area (Å²) >= 11 is 0. The number of aromatic nitrogens is 4. The van der Waals surface area contributed by atoms with Gasteiger partial charge < -0.3 is 9.15 Å². The first-order valence-corrected chi connectivity index (χ1v) is 6.13. The summed E-state index contributed by atoms with van der Waals surface area (Å²) in [6.45, 7) is 4.75. The van der Waals surface area contributed by atoms with Crippen LogP contribution in [0.4, 0.5) is 0 Å². The van der Waals surface area contributed by atoms with E-state index in [1.54, 1.807) is 10.9 Å². The summed E-state index contributed by atoms with van der Waals surface area (Å²) in [6.07, 6.45) is 5.57. The molecule has 6 heteroatoms. The highest BCUT2D eigenvalue weighted by atomic mass is 16.5. The summed E-state index contributed by atoms with van der Waals surface area (Å²) in [5.74, 6) is 1.12. The minimum absolute atomic E-state index is 0.0420. The first kappa shape index (κ1) is 11.4. The van der Waals surface area contributed by atoms with Crippen LogP contribution in [0.15, 0.2) is 22.9 Å². The normalized spacial score (nSPS) is 20.4.